The highest BCUT2D eigenvalue weighted by Crippen LogP contribution is 2.41. The molecular formula is C24H21ClF3N5OS. The van der Waals surface area contributed by atoms with Crippen molar-refractivity contribution in [1.29, 1.82) is 0 Å². The maximum Gasteiger partial charge on any atom is 0.416 e. The first-order chi connectivity index (χ1) is 16.7. The minimum absolute atomic E-state index is 0.000252. The summed E-state index contributed by atoms with van der Waals surface area (Å²) >= 11 is 7.11. The second-order valence-corrected chi connectivity index (χ2v) is 9.92. The number of carbonyl (C=O) groups excluding carboxylic acids is 1. The van der Waals surface area contributed by atoms with Crippen molar-refractivity contribution in [3.63, 3.8) is 0 Å². The Kier molecular flexibility index (Phi) is 6.37. The lowest BCUT2D eigenvalue weighted by Gasteiger charge is -2.34. The van der Waals surface area contributed by atoms with Gasteiger partial charge >= 0.3 is 6.18 Å². The normalized spacial score (nSPS) is 20.5. The number of allylic oxidation sites excluding steroid dienone is 1. The summed E-state index contributed by atoms with van der Waals surface area (Å²) in [7, 11) is 0. The number of fused-ring (bicyclic) bond motifs is 1. The second-order valence-electron chi connectivity index (χ2n) is 8.50. The van der Waals surface area contributed by atoms with Crippen molar-refractivity contribution in [2.45, 2.75) is 25.6 Å². The minimum Gasteiger partial charge on any atom is -0.346 e. The number of aromatic nitrogens is 2. The number of benzene rings is 2. The van der Waals surface area contributed by atoms with E-state index in [4.69, 9.17) is 11.6 Å². The molecule has 0 bridgehead atoms. The van der Waals surface area contributed by atoms with Crippen molar-refractivity contribution < 1.29 is 18.0 Å². The highest BCUT2D eigenvalue weighted by Gasteiger charge is 2.36. The molecule has 1 amide bonds. The number of rotatable bonds is 3. The number of nitrogens with one attached hydrogen (secondary N) is 2. The number of thioether (sulfide) groups is 1. The Balaban J connectivity index is 1.60. The Morgan fingerprint density at radius 2 is 2.09 bits per heavy atom. The van der Waals surface area contributed by atoms with Crippen LogP contribution in [0.4, 0.5) is 13.2 Å². The monoisotopic (exact) mass is 519 g/mol. The zero-order valence-corrected chi connectivity index (χ0v) is 20.2. The molecule has 182 valence electrons. The van der Waals surface area contributed by atoms with E-state index < -0.39 is 17.6 Å². The van der Waals surface area contributed by atoms with E-state index in [1.165, 1.54) is 23.9 Å². The number of amidine groups is 1. The van der Waals surface area contributed by atoms with Crippen LogP contribution >= 0.6 is 23.4 Å². The minimum atomic E-state index is -4.59. The molecule has 1 atom stereocenters. The van der Waals surface area contributed by atoms with Crippen molar-refractivity contribution in [3.8, 4) is 0 Å². The number of amides is 1. The quantitative estimate of drug-likeness (QED) is 0.470. The summed E-state index contributed by atoms with van der Waals surface area (Å²) in [5.41, 5.74) is 1.13. The standard InChI is InChI=1S/C24H21ClF3N5OS/c1-13-11-29-6-7-33(13)23-31-22(34)21(35-23)18(14-3-5-20-16(8-14)12-30-32-20)9-15-2-4-17(25)10-19(15)24(26,27)28/h2-5,8,10,12-13,29H,6-7,9,11H2,1H3,(H,30,32)/t13-/m1/s1. The van der Waals surface area contributed by atoms with Gasteiger partial charge in [-0.05, 0) is 66.1 Å². The number of H-pyrrole nitrogens is 1. The number of aromatic amines is 1. The molecule has 0 unspecified atom stereocenters. The lowest BCUT2D eigenvalue weighted by molar-refractivity contribution is -0.138. The molecule has 1 fully saturated rings. The number of piperazine rings is 1. The number of nitrogens with zero attached hydrogens (tertiary/aromatic N) is 3. The molecule has 0 radical (unpaired) electrons. The van der Waals surface area contributed by atoms with Gasteiger partial charge < -0.3 is 10.2 Å². The van der Waals surface area contributed by atoms with E-state index in [2.05, 4.69) is 25.4 Å². The topological polar surface area (TPSA) is 73.4 Å². The zero-order valence-electron chi connectivity index (χ0n) is 18.6. The molecule has 35 heavy (non-hydrogen) atoms. The zero-order chi connectivity index (χ0) is 24.7. The molecule has 0 spiro atoms. The van der Waals surface area contributed by atoms with E-state index in [0.29, 0.717) is 27.8 Å². The molecule has 6 nitrogen and oxygen atoms in total. The van der Waals surface area contributed by atoms with Crippen LogP contribution in [0.15, 0.2) is 52.5 Å². The molecule has 5 rings (SSSR count). The van der Waals surface area contributed by atoms with Crippen LogP contribution in [-0.2, 0) is 17.4 Å². The molecular weight excluding hydrogens is 499 g/mol. The number of alkyl halides is 3. The summed E-state index contributed by atoms with van der Waals surface area (Å²) in [5, 5.41) is 11.6. The van der Waals surface area contributed by atoms with Crippen molar-refractivity contribution in [1.82, 2.24) is 20.4 Å². The number of hydrogen-bond acceptors (Lipinski definition) is 5. The van der Waals surface area contributed by atoms with Crippen molar-refractivity contribution >= 4 is 50.9 Å². The molecule has 3 aromatic rings. The van der Waals surface area contributed by atoms with Gasteiger partial charge in [-0.2, -0.15) is 23.3 Å². The summed E-state index contributed by atoms with van der Waals surface area (Å²) in [5.74, 6) is -0.444. The Morgan fingerprint density at radius 1 is 1.26 bits per heavy atom. The molecule has 2 N–H and O–H groups in total. The predicted molar refractivity (Wildman–Crippen MR) is 132 cm³/mol. The van der Waals surface area contributed by atoms with Crippen LogP contribution in [0.5, 0.6) is 0 Å². The van der Waals surface area contributed by atoms with Gasteiger partial charge in [0.2, 0.25) is 0 Å². The lowest BCUT2D eigenvalue weighted by atomic mass is 9.93. The number of carbonyl (C=O) groups is 1. The van der Waals surface area contributed by atoms with E-state index in [-0.39, 0.29) is 23.0 Å². The van der Waals surface area contributed by atoms with Gasteiger partial charge in [0, 0.05) is 36.1 Å². The summed E-state index contributed by atoms with van der Waals surface area (Å²) < 4.78 is 41.6. The number of halogens is 4. The molecule has 1 saturated heterocycles. The summed E-state index contributed by atoms with van der Waals surface area (Å²) in [4.78, 5) is 19.8. The van der Waals surface area contributed by atoms with Crippen molar-refractivity contribution in [2.75, 3.05) is 19.6 Å². The first-order valence-electron chi connectivity index (χ1n) is 11.0. The van der Waals surface area contributed by atoms with Gasteiger partial charge in [-0.3, -0.25) is 9.89 Å². The third kappa shape index (κ3) is 4.82. The fourth-order valence-corrected chi connectivity index (χ4v) is 5.65. The molecule has 1 aromatic heterocycles. The second kappa shape index (κ2) is 9.33. The summed E-state index contributed by atoms with van der Waals surface area (Å²) in [6.45, 7) is 4.26. The SMILES string of the molecule is C[C@@H]1CNCCN1C1=NC(=O)C(=C(Cc2ccc(Cl)cc2C(F)(F)F)c2ccc3[nH]ncc3c2)S1. The number of hydrogen-bond donors (Lipinski definition) is 2. The van der Waals surface area contributed by atoms with Crippen LogP contribution in [0.2, 0.25) is 5.02 Å². The van der Waals surface area contributed by atoms with Gasteiger partial charge in [0.15, 0.2) is 5.17 Å². The van der Waals surface area contributed by atoms with E-state index in [9.17, 15) is 18.0 Å². The maximum absolute atomic E-state index is 13.9. The third-order valence-electron chi connectivity index (χ3n) is 6.14. The van der Waals surface area contributed by atoms with Gasteiger partial charge in [-0.15, -0.1) is 0 Å². The Labute approximate surface area is 208 Å². The van der Waals surface area contributed by atoms with Gasteiger partial charge in [0.25, 0.3) is 5.91 Å². The van der Waals surface area contributed by atoms with E-state index in [1.54, 1.807) is 18.3 Å². The summed E-state index contributed by atoms with van der Waals surface area (Å²) in [6, 6.07) is 9.27. The molecule has 3 heterocycles. The lowest BCUT2D eigenvalue weighted by Crippen LogP contribution is -2.51. The molecule has 11 heteroatoms. The van der Waals surface area contributed by atoms with E-state index in [0.717, 1.165) is 30.1 Å². The maximum atomic E-state index is 13.9. The fraction of sp³-hybridized carbons (Fsp3) is 0.292. The molecule has 0 aliphatic carbocycles. The third-order valence-corrected chi connectivity index (χ3v) is 7.51. The van der Waals surface area contributed by atoms with Gasteiger partial charge in [0.1, 0.15) is 0 Å². The van der Waals surface area contributed by atoms with Crippen molar-refractivity contribution in [3.05, 3.63) is 69.2 Å². The predicted octanol–water partition coefficient (Wildman–Crippen LogP) is 5.11. The molecule has 2 aliphatic heterocycles. The van der Waals surface area contributed by atoms with Crippen LogP contribution in [0.25, 0.3) is 16.5 Å². The van der Waals surface area contributed by atoms with Gasteiger partial charge in [0.05, 0.1) is 22.2 Å². The Bertz CT molecular complexity index is 1370. The smallest absolute Gasteiger partial charge is 0.346 e. The molecule has 0 saturated carbocycles. The highest BCUT2D eigenvalue weighted by molar-refractivity contribution is 8.18. The van der Waals surface area contributed by atoms with Crippen LogP contribution in [0, 0.1) is 0 Å². The average molecular weight is 520 g/mol. The van der Waals surface area contributed by atoms with Crippen LogP contribution < -0.4 is 5.32 Å². The Hall–Kier alpha value is -2.82. The van der Waals surface area contributed by atoms with E-state index in [1.807, 2.05) is 13.0 Å². The Morgan fingerprint density at radius 3 is 2.86 bits per heavy atom. The average Bonchev–Trinajstić information content (AvgIpc) is 3.44. The first kappa shape index (κ1) is 23.9. The van der Waals surface area contributed by atoms with Crippen molar-refractivity contribution in [2.24, 2.45) is 4.99 Å². The fourth-order valence-electron chi connectivity index (χ4n) is 4.34. The van der Waals surface area contributed by atoms with E-state index >= 15 is 0 Å². The first-order valence-corrected chi connectivity index (χ1v) is 12.2. The van der Waals surface area contributed by atoms with Crippen LogP contribution in [-0.4, -0.2) is 51.8 Å². The van der Waals surface area contributed by atoms with Gasteiger partial charge in [-0.1, -0.05) is 23.7 Å². The van der Waals surface area contributed by atoms with Crippen LogP contribution in [0.3, 0.4) is 0 Å². The molecule has 2 aromatic carbocycles. The highest BCUT2D eigenvalue weighted by atomic mass is 35.5. The van der Waals surface area contributed by atoms with Crippen LogP contribution in [0.1, 0.15) is 23.6 Å². The molecule has 2 aliphatic rings. The largest absolute Gasteiger partial charge is 0.416 e. The summed E-state index contributed by atoms with van der Waals surface area (Å²) in [6.07, 6.45) is -3.06. The number of aliphatic imine (C=N–C) groups is 1. The van der Waals surface area contributed by atoms with Gasteiger partial charge in [-0.25, -0.2) is 0 Å².